The van der Waals surface area contributed by atoms with Gasteiger partial charge in [0.25, 0.3) is 0 Å². The first-order chi connectivity index (χ1) is 7.70. The second-order valence-corrected chi connectivity index (χ2v) is 4.58. The molecule has 88 valence electrons. The van der Waals surface area contributed by atoms with Crippen molar-refractivity contribution in [2.45, 2.75) is 45.1 Å². The summed E-state index contributed by atoms with van der Waals surface area (Å²) < 4.78 is 1.84. The Morgan fingerprint density at radius 1 is 1.62 bits per heavy atom. The first-order valence-corrected chi connectivity index (χ1v) is 5.99. The summed E-state index contributed by atoms with van der Waals surface area (Å²) in [5, 5.41) is 12.9. The van der Waals surface area contributed by atoms with Gasteiger partial charge in [-0.25, -0.2) is 4.79 Å². The number of hydrogen-bond acceptors (Lipinski definition) is 2. The van der Waals surface area contributed by atoms with Crippen molar-refractivity contribution in [1.29, 1.82) is 0 Å². The summed E-state index contributed by atoms with van der Waals surface area (Å²) in [6.45, 7) is 2.22. The highest BCUT2D eigenvalue weighted by Crippen LogP contribution is 2.33. The third-order valence-corrected chi connectivity index (χ3v) is 3.53. The number of aromatic nitrogens is 2. The molecule has 0 aromatic carbocycles. The van der Waals surface area contributed by atoms with Crippen LogP contribution in [0.5, 0.6) is 0 Å². The van der Waals surface area contributed by atoms with E-state index < -0.39 is 5.97 Å². The fraction of sp³-hybridized carbons (Fsp3) is 0.667. The van der Waals surface area contributed by atoms with E-state index in [2.05, 4.69) is 12.0 Å². The number of aromatic carboxylic acids is 1. The van der Waals surface area contributed by atoms with Crippen LogP contribution in [0.2, 0.25) is 0 Å². The molecule has 1 aromatic rings. The fourth-order valence-corrected chi connectivity index (χ4v) is 2.53. The maximum Gasteiger partial charge on any atom is 0.356 e. The standard InChI is InChI=1S/C12H18N2O2/c1-2-9-4-3-5-10(8-9)14-7-6-11(13-14)12(15)16/h6-7,9-10H,2-5,8H2,1H3,(H,15,16). The van der Waals surface area contributed by atoms with Crippen LogP contribution in [0.15, 0.2) is 12.3 Å². The monoisotopic (exact) mass is 222 g/mol. The van der Waals surface area contributed by atoms with Gasteiger partial charge in [0.2, 0.25) is 0 Å². The summed E-state index contributed by atoms with van der Waals surface area (Å²) in [6.07, 6.45) is 7.80. The zero-order valence-corrected chi connectivity index (χ0v) is 9.59. The summed E-state index contributed by atoms with van der Waals surface area (Å²) in [7, 11) is 0. The molecule has 1 saturated carbocycles. The van der Waals surface area contributed by atoms with Crippen LogP contribution in [-0.2, 0) is 0 Å². The largest absolute Gasteiger partial charge is 0.476 e. The van der Waals surface area contributed by atoms with Crippen LogP contribution in [0, 0.1) is 5.92 Å². The average molecular weight is 222 g/mol. The van der Waals surface area contributed by atoms with Crippen molar-refractivity contribution in [2.24, 2.45) is 5.92 Å². The molecule has 0 spiro atoms. The third kappa shape index (κ3) is 2.26. The number of carboxylic acid groups (broad SMARTS) is 1. The molecular formula is C12H18N2O2. The normalized spacial score (nSPS) is 25.6. The summed E-state index contributed by atoms with van der Waals surface area (Å²) in [5.74, 6) is -0.169. The Hall–Kier alpha value is -1.32. The van der Waals surface area contributed by atoms with Crippen LogP contribution in [0.1, 0.15) is 55.6 Å². The molecule has 2 rings (SSSR count). The molecule has 1 aromatic heterocycles. The van der Waals surface area contributed by atoms with Gasteiger partial charge in [0.05, 0.1) is 6.04 Å². The van der Waals surface area contributed by atoms with Crippen molar-refractivity contribution >= 4 is 5.97 Å². The Morgan fingerprint density at radius 3 is 3.06 bits per heavy atom. The third-order valence-electron chi connectivity index (χ3n) is 3.53. The van der Waals surface area contributed by atoms with Gasteiger partial charge >= 0.3 is 5.97 Å². The lowest BCUT2D eigenvalue weighted by Gasteiger charge is -2.28. The van der Waals surface area contributed by atoms with Crippen molar-refractivity contribution < 1.29 is 9.90 Å². The lowest BCUT2D eigenvalue weighted by Crippen LogP contribution is -2.19. The molecule has 4 nitrogen and oxygen atoms in total. The smallest absolute Gasteiger partial charge is 0.356 e. The van der Waals surface area contributed by atoms with E-state index in [0.717, 1.165) is 18.8 Å². The molecule has 16 heavy (non-hydrogen) atoms. The summed E-state index contributed by atoms with van der Waals surface area (Å²) in [6, 6.07) is 1.98. The second kappa shape index (κ2) is 4.68. The molecule has 1 aliphatic carbocycles. The molecule has 1 aliphatic rings. The lowest BCUT2D eigenvalue weighted by atomic mass is 9.84. The van der Waals surface area contributed by atoms with Gasteiger partial charge < -0.3 is 5.11 Å². The van der Waals surface area contributed by atoms with Crippen LogP contribution < -0.4 is 0 Å². The Labute approximate surface area is 95.3 Å². The topological polar surface area (TPSA) is 55.1 Å². The average Bonchev–Trinajstić information content (AvgIpc) is 2.78. The zero-order valence-electron chi connectivity index (χ0n) is 9.59. The maximum absolute atomic E-state index is 10.7. The van der Waals surface area contributed by atoms with E-state index in [1.807, 2.05) is 4.68 Å². The minimum absolute atomic E-state index is 0.152. The minimum atomic E-state index is -0.943. The van der Waals surface area contributed by atoms with Crippen LogP contribution in [0.4, 0.5) is 0 Å². The summed E-state index contributed by atoms with van der Waals surface area (Å²) in [5.41, 5.74) is 0.152. The van der Waals surface area contributed by atoms with Gasteiger partial charge in [-0.2, -0.15) is 5.10 Å². The van der Waals surface area contributed by atoms with E-state index in [0.29, 0.717) is 6.04 Å². The predicted molar refractivity (Wildman–Crippen MR) is 60.5 cm³/mol. The molecule has 2 unspecified atom stereocenters. The molecule has 2 atom stereocenters. The van der Waals surface area contributed by atoms with Gasteiger partial charge in [-0.05, 0) is 24.8 Å². The first-order valence-electron chi connectivity index (χ1n) is 5.99. The predicted octanol–water partition coefficient (Wildman–Crippen LogP) is 2.72. The second-order valence-electron chi connectivity index (χ2n) is 4.58. The minimum Gasteiger partial charge on any atom is -0.476 e. The van der Waals surface area contributed by atoms with Gasteiger partial charge in [0.15, 0.2) is 5.69 Å². The number of nitrogens with zero attached hydrogens (tertiary/aromatic N) is 2. The highest BCUT2D eigenvalue weighted by atomic mass is 16.4. The maximum atomic E-state index is 10.7. The van der Waals surface area contributed by atoms with Gasteiger partial charge in [0.1, 0.15) is 0 Å². The summed E-state index contributed by atoms with van der Waals surface area (Å²) in [4.78, 5) is 10.7. The van der Waals surface area contributed by atoms with Crippen LogP contribution >= 0.6 is 0 Å². The van der Waals surface area contributed by atoms with Gasteiger partial charge in [-0.3, -0.25) is 4.68 Å². The van der Waals surface area contributed by atoms with E-state index >= 15 is 0 Å². The molecule has 4 heteroatoms. The van der Waals surface area contributed by atoms with Crippen LogP contribution in [0.3, 0.4) is 0 Å². The fourth-order valence-electron chi connectivity index (χ4n) is 2.53. The Morgan fingerprint density at radius 2 is 2.44 bits per heavy atom. The van der Waals surface area contributed by atoms with Crippen molar-refractivity contribution in [3.05, 3.63) is 18.0 Å². The van der Waals surface area contributed by atoms with E-state index in [4.69, 9.17) is 5.11 Å². The number of carboxylic acids is 1. The van der Waals surface area contributed by atoms with E-state index in [-0.39, 0.29) is 5.69 Å². The number of rotatable bonds is 3. The van der Waals surface area contributed by atoms with Crippen molar-refractivity contribution in [1.82, 2.24) is 9.78 Å². The SMILES string of the molecule is CCC1CCCC(n2ccc(C(=O)O)n2)C1. The van der Waals surface area contributed by atoms with Crippen LogP contribution in [-0.4, -0.2) is 20.9 Å². The van der Waals surface area contributed by atoms with Gasteiger partial charge in [-0.1, -0.05) is 26.2 Å². The molecule has 0 amide bonds. The molecule has 0 radical (unpaired) electrons. The zero-order chi connectivity index (χ0) is 11.5. The van der Waals surface area contributed by atoms with Gasteiger partial charge in [-0.15, -0.1) is 0 Å². The molecule has 0 aliphatic heterocycles. The Kier molecular flexibility index (Phi) is 3.27. The quantitative estimate of drug-likeness (QED) is 0.855. The van der Waals surface area contributed by atoms with E-state index in [9.17, 15) is 4.79 Å². The highest BCUT2D eigenvalue weighted by molar-refractivity contribution is 5.85. The van der Waals surface area contributed by atoms with E-state index in [1.54, 1.807) is 12.3 Å². The van der Waals surface area contributed by atoms with Gasteiger partial charge in [0, 0.05) is 6.20 Å². The summed E-state index contributed by atoms with van der Waals surface area (Å²) >= 11 is 0. The van der Waals surface area contributed by atoms with Crippen molar-refractivity contribution in [3.8, 4) is 0 Å². The van der Waals surface area contributed by atoms with Crippen molar-refractivity contribution in [3.63, 3.8) is 0 Å². The molecule has 1 heterocycles. The molecule has 0 saturated heterocycles. The molecule has 1 N–H and O–H groups in total. The number of carbonyl (C=O) groups is 1. The van der Waals surface area contributed by atoms with E-state index in [1.165, 1.54) is 19.3 Å². The first kappa shape index (κ1) is 11.2. The highest BCUT2D eigenvalue weighted by Gasteiger charge is 2.23. The molecule has 0 bridgehead atoms. The Balaban J connectivity index is 2.08. The number of hydrogen-bond donors (Lipinski definition) is 1. The Bertz CT molecular complexity index is 373. The van der Waals surface area contributed by atoms with Crippen molar-refractivity contribution in [2.75, 3.05) is 0 Å². The lowest BCUT2D eigenvalue weighted by molar-refractivity contribution is 0.0688. The molecular weight excluding hydrogens is 204 g/mol. The van der Waals surface area contributed by atoms with Crippen LogP contribution in [0.25, 0.3) is 0 Å². The molecule has 1 fully saturated rings.